The van der Waals surface area contributed by atoms with E-state index in [4.69, 9.17) is 5.26 Å². The number of carbonyl (C=O) groups is 2. The van der Waals surface area contributed by atoms with Gasteiger partial charge < -0.3 is 19.6 Å². The molecular formula is C27H36N8O3. The van der Waals surface area contributed by atoms with Crippen LogP contribution in [0.2, 0.25) is 0 Å². The van der Waals surface area contributed by atoms with Crippen LogP contribution in [-0.2, 0) is 9.59 Å². The lowest BCUT2D eigenvalue weighted by atomic mass is 9.83. The number of hydrogen-bond acceptors (Lipinski definition) is 7. The number of carbonyl (C=O) groups excluding carboxylic acids is 2. The molecule has 1 aromatic rings. The molecule has 0 radical (unpaired) electrons. The minimum atomic E-state index is -0.754. The Kier molecular flexibility index (Phi) is 9.03. The van der Waals surface area contributed by atoms with Gasteiger partial charge >= 0.3 is 0 Å². The molecule has 11 heteroatoms. The van der Waals surface area contributed by atoms with Gasteiger partial charge in [-0.25, -0.2) is 5.48 Å². The number of hydroxylamine groups is 1. The van der Waals surface area contributed by atoms with Crippen molar-refractivity contribution in [2.75, 3.05) is 57.3 Å². The third-order valence-corrected chi connectivity index (χ3v) is 7.96. The molecule has 0 spiro atoms. The summed E-state index contributed by atoms with van der Waals surface area (Å²) in [4.78, 5) is 38.5. The van der Waals surface area contributed by atoms with Crippen molar-refractivity contribution in [1.29, 1.82) is 10.5 Å². The van der Waals surface area contributed by atoms with E-state index in [-0.39, 0.29) is 12.5 Å². The summed E-state index contributed by atoms with van der Waals surface area (Å²) in [5, 5.41) is 28.0. The lowest BCUT2D eigenvalue weighted by Crippen LogP contribution is -2.58. The first-order chi connectivity index (χ1) is 18.5. The van der Waals surface area contributed by atoms with Crippen molar-refractivity contribution < 1.29 is 14.8 Å². The molecule has 2 atom stereocenters. The molecular weight excluding hydrogens is 484 g/mol. The number of likely N-dealkylation sites (tertiary alicyclic amines) is 2. The predicted octanol–water partition coefficient (Wildman–Crippen LogP) is 1.67. The van der Waals surface area contributed by atoms with E-state index in [1.54, 1.807) is 11.5 Å². The van der Waals surface area contributed by atoms with E-state index in [0.29, 0.717) is 50.7 Å². The number of guanidine groups is 1. The Morgan fingerprint density at radius 3 is 2.26 bits per heavy atom. The SMILES string of the molecule is Cc1cc(C#N)ccc1N1CCN(C(=O)[C@H]2CCN(/C(=N/C#N)N3CCCCCC3)C[C@@H]2C(=O)NO)CC1. The van der Waals surface area contributed by atoms with Crippen molar-refractivity contribution in [2.24, 2.45) is 16.8 Å². The zero-order valence-electron chi connectivity index (χ0n) is 22.0. The maximum Gasteiger partial charge on any atom is 0.249 e. The Morgan fingerprint density at radius 1 is 0.947 bits per heavy atom. The van der Waals surface area contributed by atoms with Gasteiger partial charge in [0.05, 0.1) is 23.5 Å². The Bertz CT molecular complexity index is 1120. The monoisotopic (exact) mass is 520 g/mol. The van der Waals surface area contributed by atoms with E-state index in [2.05, 4.69) is 20.9 Å². The fourth-order valence-corrected chi connectivity index (χ4v) is 5.92. The summed E-state index contributed by atoms with van der Waals surface area (Å²) in [7, 11) is 0. The summed E-state index contributed by atoms with van der Waals surface area (Å²) in [5.41, 5.74) is 4.46. The normalized spacial score (nSPS) is 22.8. The zero-order chi connectivity index (χ0) is 27.1. The van der Waals surface area contributed by atoms with Gasteiger partial charge in [-0.1, -0.05) is 12.8 Å². The van der Waals surface area contributed by atoms with Crippen LogP contribution >= 0.6 is 0 Å². The highest BCUT2D eigenvalue weighted by Crippen LogP contribution is 2.29. The number of aryl methyl sites for hydroxylation is 1. The molecule has 38 heavy (non-hydrogen) atoms. The first-order valence-electron chi connectivity index (χ1n) is 13.4. The van der Waals surface area contributed by atoms with Crippen LogP contribution in [0.1, 0.15) is 43.2 Å². The molecule has 202 valence electrons. The molecule has 0 aliphatic carbocycles. The van der Waals surface area contributed by atoms with Crippen molar-refractivity contribution >= 4 is 23.5 Å². The van der Waals surface area contributed by atoms with Gasteiger partial charge in [0.2, 0.25) is 24.0 Å². The lowest BCUT2D eigenvalue weighted by Gasteiger charge is -2.43. The minimum Gasteiger partial charge on any atom is -0.368 e. The summed E-state index contributed by atoms with van der Waals surface area (Å²) >= 11 is 0. The van der Waals surface area contributed by atoms with Crippen molar-refractivity contribution in [3.63, 3.8) is 0 Å². The van der Waals surface area contributed by atoms with Gasteiger partial charge in [-0.3, -0.25) is 14.8 Å². The number of nitriles is 2. The molecule has 3 aliphatic heterocycles. The van der Waals surface area contributed by atoms with Crippen molar-refractivity contribution in [3.8, 4) is 12.3 Å². The van der Waals surface area contributed by atoms with Crippen molar-refractivity contribution in [2.45, 2.75) is 39.0 Å². The number of nitrogens with one attached hydrogen (secondary N) is 1. The second-order valence-corrected chi connectivity index (χ2v) is 10.3. The van der Waals surface area contributed by atoms with Crippen LogP contribution in [0.4, 0.5) is 5.69 Å². The fourth-order valence-electron chi connectivity index (χ4n) is 5.92. The maximum absolute atomic E-state index is 13.6. The number of piperidine rings is 1. The highest BCUT2D eigenvalue weighted by atomic mass is 16.5. The van der Waals surface area contributed by atoms with Gasteiger partial charge in [0, 0.05) is 58.0 Å². The number of anilines is 1. The Balaban J connectivity index is 1.43. The smallest absolute Gasteiger partial charge is 0.249 e. The van der Waals surface area contributed by atoms with Gasteiger partial charge in [-0.05, 0) is 49.9 Å². The van der Waals surface area contributed by atoms with Gasteiger partial charge in [-0.2, -0.15) is 10.5 Å². The van der Waals surface area contributed by atoms with Gasteiger partial charge in [0.25, 0.3) is 0 Å². The molecule has 4 rings (SSSR count). The molecule has 11 nitrogen and oxygen atoms in total. The van der Waals surface area contributed by atoms with Crippen LogP contribution in [0, 0.1) is 41.5 Å². The fraction of sp³-hybridized carbons (Fsp3) is 0.593. The van der Waals surface area contributed by atoms with E-state index in [0.717, 1.165) is 50.0 Å². The Labute approximate surface area is 223 Å². The molecule has 0 unspecified atom stereocenters. The molecule has 1 aromatic carbocycles. The molecule has 0 bridgehead atoms. The first kappa shape index (κ1) is 27.2. The molecule has 3 saturated heterocycles. The summed E-state index contributed by atoms with van der Waals surface area (Å²) in [6, 6.07) is 7.79. The number of nitrogens with zero attached hydrogens (tertiary/aromatic N) is 7. The van der Waals surface area contributed by atoms with Crippen molar-refractivity contribution in [1.82, 2.24) is 20.2 Å². The van der Waals surface area contributed by atoms with E-state index >= 15 is 0 Å². The Morgan fingerprint density at radius 2 is 1.66 bits per heavy atom. The lowest BCUT2D eigenvalue weighted by molar-refractivity contribution is -0.147. The van der Waals surface area contributed by atoms with Crippen LogP contribution in [0.15, 0.2) is 23.2 Å². The number of amides is 2. The average Bonchev–Trinajstić information content (AvgIpc) is 3.24. The van der Waals surface area contributed by atoms with Crippen LogP contribution in [0.3, 0.4) is 0 Å². The van der Waals surface area contributed by atoms with E-state index in [9.17, 15) is 20.1 Å². The number of benzene rings is 1. The summed E-state index contributed by atoms with van der Waals surface area (Å²) in [5.74, 6) is -1.43. The van der Waals surface area contributed by atoms with E-state index < -0.39 is 17.7 Å². The molecule has 3 heterocycles. The van der Waals surface area contributed by atoms with Gasteiger partial charge in [0.15, 0.2) is 0 Å². The van der Waals surface area contributed by atoms with Crippen LogP contribution in [0.25, 0.3) is 0 Å². The van der Waals surface area contributed by atoms with Crippen LogP contribution < -0.4 is 10.4 Å². The second-order valence-electron chi connectivity index (χ2n) is 10.3. The standard InChI is InChI=1S/C27H36N8O3/c1-20-16-21(17-28)6-7-24(20)32-12-14-33(15-13-32)26(37)22-8-11-35(18-23(22)25(36)31-38)27(30-19-29)34-9-4-2-3-5-10-34/h6-7,16,22-23,38H,2-5,8-15,18H2,1H3,(H,31,36)/b30-27+/t22-,23-/m0/s1. The van der Waals surface area contributed by atoms with Crippen LogP contribution in [-0.4, -0.2) is 90.0 Å². The quantitative estimate of drug-likeness (QED) is 0.202. The largest absolute Gasteiger partial charge is 0.368 e. The number of hydrogen-bond donors (Lipinski definition) is 2. The number of rotatable bonds is 3. The zero-order valence-corrected chi connectivity index (χ0v) is 22.0. The second kappa shape index (κ2) is 12.6. The van der Waals surface area contributed by atoms with Crippen LogP contribution in [0.5, 0.6) is 0 Å². The molecule has 0 saturated carbocycles. The van der Waals surface area contributed by atoms with Gasteiger partial charge in [-0.15, -0.1) is 4.99 Å². The molecule has 2 N–H and O–H groups in total. The highest BCUT2D eigenvalue weighted by molar-refractivity contribution is 5.89. The number of aliphatic imine (C=N–C) groups is 1. The third kappa shape index (κ3) is 6.00. The van der Waals surface area contributed by atoms with E-state index in [1.165, 1.54) is 0 Å². The van der Waals surface area contributed by atoms with Crippen molar-refractivity contribution in [3.05, 3.63) is 29.3 Å². The molecule has 3 aliphatic rings. The average molecular weight is 521 g/mol. The molecule has 2 amide bonds. The molecule has 0 aromatic heterocycles. The predicted molar refractivity (Wildman–Crippen MR) is 141 cm³/mol. The topological polar surface area (TPSA) is 139 Å². The maximum atomic E-state index is 13.6. The first-order valence-corrected chi connectivity index (χ1v) is 13.4. The third-order valence-electron chi connectivity index (χ3n) is 7.96. The summed E-state index contributed by atoms with van der Waals surface area (Å²) in [6.45, 7) is 6.68. The van der Waals surface area contributed by atoms with E-state index in [1.807, 2.05) is 35.0 Å². The minimum absolute atomic E-state index is 0.0806. The molecule has 3 fully saturated rings. The van der Waals surface area contributed by atoms with Gasteiger partial charge in [0.1, 0.15) is 0 Å². The summed E-state index contributed by atoms with van der Waals surface area (Å²) < 4.78 is 0. The number of piperazine rings is 1. The summed E-state index contributed by atoms with van der Waals surface area (Å²) in [6.07, 6.45) is 6.67. The Hall–Kier alpha value is -3.83. The highest BCUT2D eigenvalue weighted by Gasteiger charge is 2.42.